The number of aliphatic carboxylic acids is 2. The minimum Gasteiger partial charge on any atom is -0.481 e. The quantitative estimate of drug-likeness (QED) is 0.866. The topological polar surface area (TPSA) is 108 Å². The van der Waals surface area contributed by atoms with E-state index in [-0.39, 0.29) is 24.8 Å². The second-order valence-corrected chi connectivity index (χ2v) is 4.63. The summed E-state index contributed by atoms with van der Waals surface area (Å²) in [5, 5.41) is 15.8. The van der Waals surface area contributed by atoms with E-state index in [0.717, 1.165) is 12.0 Å². The molecule has 1 fully saturated rings. The molecule has 0 saturated carbocycles. The molecule has 1 aromatic heterocycles. The minimum atomic E-state index is -1.08. The molecule has 7 nitrogen and oxygen atoms in total. The summed E-state index contributed by atoms with van der Waals surface area (Å²) < 4.78 is 0. The summed E-state index contributed by atoms with van der Waals surface area (Å²) in [6.45, 7) is 0. The number of nitrogens with zero attached hydrogens (tertiary/aromatic N) is 2. The van der Waals surface area contributed by atoms with Gasteiger partial charge in [-0.1, -0.05) is 6.07 Å². The van der Waals surface area contributed by atoms with Gasteiger partial charge in [-0.2, -0.15) is 0 Å². The maximum atomic E-state index is 11.3. The number of likely N-dealkylation sites (tertiary alicyclic amines) is 1. The van der Waals surface area contributed by atoms with Crippen molar-refractivity contribution in [3.05, 3.63) is 30.1 Å². The van der Waals surface area contributed by atoms with Crippen LogP contribution < -0.4 is 0 Å². The zero-order valence-corrected chi connectivity index (χ0v) is 11.7. The van der Waals surface area contributed by atoms with Gasteiger partial charge in [-0.05, 0) is 18.1 Å². The van der Waals surface area contributed by atoms with Crippen LogP contribution in [0.2, 0.25) is 0 Å². The van der Waals surface area contributed by atoms with E-state index in [4.69, 9.17) is 10.2 Å². The Morgan fingerprint density at radius 3 is 2.33 bits per heavy atom. The number of carboxylic acids is 2. The molecule has 2 heterocycles. The maximum Gasteiger partial charge on any atom is 0.303 e. The number of carboxylic acid groups (broad SMARTS) is 2. The van der Waals surface area contributed by atoms with Crippen LogP contribution in [0.4, 0.5) is 0 Å². The predicted molar refractivity (Wildman–Crippen MR) is 73.5 cm³/mol. The van der Waals surface area contributed by atoms with Gasteiger partial charge in [-0.15, -0.1) is 0 Å². The van der Waals surface area contributed by atoms with Gasteiger partial charge in [0.1, 0.15) is 0 Å². The Morgan fingerprint density at radius 1 is 1.33 bits per heavy atom. The standard InChI is InChI=1S/C10H12N2O.C4H6O4/c1-12-9(4-5-10(12)13)8-3-2-6-11-7-8;5-3(6)1-2-4(7)8/h2-3,6-7,9H,4-5H2,1H3;1-2H2,(H,5,6)(H,7,8). The van der Waals surface area contributed by atoms with E-state index in [1.807, 2.05) is 25.4 Å². The van der Waals surface area contributed by atoms with Gasteiger partial charge in [0.05, 0.1) is 18.9 Å². The number of amides is 1. The van der Waals surface area contributed by atoms with Crippen LogP contribution in [0.15, 0.2) is 24.5 Å². The molecular formula is C14H18N2O5. The molecule has 1 unspecified atom stereocenters. The van der Waals surface area contributed by atoms with Crippen molar-refractivity contribution in [2.45, 2.75) is 31.7 Å². The lowest BCUT2D eigenvalue weighted by molar-refractivity contribution is -0.143. The molecule has 21 heavy (non-hydrogen) atoms. The highest BCUT2D eigenvalue weighted by molar-refractivity contribution is 5.78. The Morgan fingerprint density at radius 2 is 1.95 bits per heavy atom. The first-order valence-corrected chi connectivity index (χ1v) is 6.51. The molecule has 1 aromatic rings. The van der Waals surface area contributed by atoms with Crippen molar-refractivity contribution in [3.8, 4) is 0 Å². The second kappa shape index (κ2) is 7.98. The van der Waals surface area contributed by atoms with Crippen LogP contribution in [0.3, 0.4) is 0 Å². The Kier molecular flexibility index (Phi) is 6.32. The zero-order chi connectivity index (χ0) is 15.8. The van der Waals surface area contributed by atoms with E-state index >= 15 is 0 Å². The molecule has 2 rings (SSSR count). The molecule has 1 atom stereocenters. The van der Waals surface area contributed by atoms with Gasteiger partial charge < -0.3 is 15.1 Å². The van der Waals surface area contributed by atoms with E-state index in [1.165, 1.54) is 0 Å². The van der Waals surface area contributed by atoms with E-state index < -0.39 is 11.9 Å². The summed E-state index contributed by atoms with van der Waals surface area (Å²) in [5.41, 5.74) is 1.14. The third kappa shape index (κ3) is 5.60. The molecule has 1 saturated heterocycles. The molecule has 1 aliphatic heterocycles. The fourth-order valence-corrected chi connectivity index (χ4v) is 1.98. The number of carbonyl (C=O) groups excluding carboxylic acids is 1. The van der Waals surface area contributed by atoms with Gasteiger partial charge in [-0.3, -0.25) is 19.4 Å². The lowest BCUT2D eigenvalue weighted by Crippen LogP contribution is -2.22. The average molecular weight is 294 g/mol. The molecule has 0 aliphatic carbocycles. The number of aromatic nitrogens is 1. The van der Waals surface area contributed by atoms with Crippen molar-refractivity contribution in [1.29, 1.82) is 0 Å². The molecule has 0 spiro atoms. The Balaban J connectivity index is 0.000000240. The van der Waals surface area contributed by atoms with Crippen molar-refractivity contribution >= 4 is 17.8 Å². The highest BCUT2D eigenvalue weighted by atomic mass is 16.4. The fourth-order valence-electron chi connectivity index (χ4n) is 1.98. The Bertz CT molecular complexity index is 489. The highest BCUT2D eigenvalue weighted by Gasteiger charge is 2.28. The molecule has 7 heteroatoms. The SMILES string of the molecule is CN1C(=O)CCC1c1cccnc1.O=C(O)CCC(=O)O. The normalized spacial score (nSPS) is 17.1. The molecule has 2 N–H and O–H groups in total. The molecule has 1 amide bonds. The van der Waals surface area contributed by atoms with Crippen LogP contribution in [-0.4, -0.2) is 45.0 Å². The zero-order valence-electron chi connectivity index (χ0n) is 11.7. The second-order valence-electron chi connectivity index (χ2n) is 4.63. The van der Waals surface area contributed by atoms with Gasteiger partial charge in [0.2, 0.25) is 5.91 Å². The molecule has 0 aromatic carbocycles. The van der Waals surface area contributed by atoms with E-state index in [1.54, 1.807) is 11.1 Å². The van der Waals surface area contributed by atoms with Crippen molar-refractivity contribution in [2.24, 2.45) is 0 Å². The first-order chi connectivity index (χ1) is 9.91. The molecule has 0 bridgehead atoms. The van der Waals surface area contributed by atoms with Gasteiger partial charge in [-0.25, -0.2) is 0 Å². The smallest absolute Gasteiger partial charge is 0.303 e. The number of carbonyl (C=O) groups is 3. The van der Waals surface area contributed by atoms with E-state index in [2.05, 4.69) is 4.98 Å². The van der Waals surface area contributed by atoms with Gasteiger partial charge in [0.15, 0.2) is 0 Å². The number of rotatable bonds is 4. The van der Waals surface area contributed by atoms with Crippen LogP contribution in [0.1, 0.15) is 37.3 Å². The fraction of sp³-hybridized carbons (Fsp3) is 0.429. The van der Waals surface area contributed by atoms with Crippen LogP contribution in [0, 0.1) is 0 Å². The van der Waals surface area contributed by atoms with Crippen LogP contribution in [0.25, 0.3) is 0 Å². The summed E-state index contributed by atoms with van der Waals surface area (Å²) >= 11 is 0. The Labute approximate surface area is 122 Å². The Hall–Kier alpha value is -2.44. The van der Waals surface area contributed by atoms with Crippen molar-refractivity contribution < 1.29 is 24.6 Å². The maximum absolute atomic E-state index is 11.3. The lowest BCUT2D eigenvalue weighted by atomic mass is 10.1. The van der Waals surface area contributed by atoms with Crippen molar-refractivity contribution in [1.82, 2.24) is 9.88 Å². The first-order valence-electron chi connectivity index (χ1n) is 6.51. The monoisotopic (exact) mass is 294 g/mol. The number of pyridine rings is 1. The van der Waals surface area contributed by atoms with E-state index in [0.29, 0.717) is 6.42 Å². The van der Waals surface area contributed by atoms with Gasteiger partial charge in [0.25, 0.3) is 0 Å². The molecule has 1 aliphatic rings. The van der Waals surface area contributed by atoms with Gasteiger partial charge in [0, 0.05) is 25.9 Å². The third-order valence-electron chi connectivity index (χ3n) is 3.11. The third-order valence-corrected chi connectivity index (χ3v) is 3.11. The van der Waals surface area contributed by atoms with Crippen molar-refractivity contribution in [2.75, 3.05) is 7.05 Å². The first kappa shape index (κ1) is 16.6. The highest BCUT2D eigenvalue weighted by Crippen LogP contribution is 2.30. The molecule has 0 radical (unpaired) electrons. The minimum absolute atomic E-state index is 0.230. The van der Waals surface area contributed by atoms with Crippen LogP contribution in [-0.2, 0) is 14.4 Å². The summed E-state index contributed by atoms with van der Waals surface area (Å²) in [6.07, 6.45) is 4.57. The molecule has 114 valence electrons. The van der Waals surface area contributed by atoms with Gasteiger partial charge >= 0.3 is 11.9 Å². The predicted octanol–water partition coefficient (Wildman–Crippen LogP) is 1.31. The largest absolute Gasteiger partial charge is 0.481 e. The lowest BCUT2D eigenvalue weighted by Gasteiger charge is -2.19. The van der Waals surface area contributed by atoms with Crippen LogP contribution >= 0.6 is 0 Å². The summed E-state index contributed by atoms with van der Waals surface area (Å²) in [6, 6.07) is 4.17. The summed E-state index contributed by atoms with van der Waals surface area (Å²) in [4.78, 5) is 36.4. The van der Waals surface area contributed by atoms with E-state index in [9.17, 15) is 14.4 Å². The summed E-state index contributed by atoms with van der Waals surface area (Å²) in [5.74, 6) is -1.92. The average Bonchev–Trinajstić information content (AvgIpc) is 2.78. The van der Waals surface area contributed by atoms with Crippen molar-refractivity contribution in [3.63, 3.8) is 0 Å². The molecular weight excluding hydrogens is 276 g/mol. The van der Waals surface area contributed by atoms with Crippen LogP contribution in [0.5, 0.6) is 0 Å². The summed E-state index contributed by atoms with van der Waals surface area (Å²) in [7, 11) is 1.85. The number of hydrogen-bond acceptors (Lipinski definition) is 4. The number of hydrogen-bond donors (Lipinski definition) is 2.